The molecule has 114 valence electrons. The molecular formula is C12H7N7O4. The first-order valence-electron chi connectivity index (χ1n) is 6.36. The van der Waals surface area contributed by atoms with Gasteiger partial charge in [0.15, 0.2) is 5.65 Å². The summed E-state index contributed by atoms with van der Waals surface area (Å²) in [6.07, 6.45) is 4.44. The molecule has 0 amide bonds. The van der Waals surface area contributed by atoms with Crippen LogP contribution in [0.2, 0.25) is 0 Å². The van der Waals surface area contributed by atoms with Crippen LogP contribution in [0.3, 0.4) is 0 Å². The van der Waals surface area contributed by atoms with Crippen LogP contribution < -0.4 is 11.4 Å². The second kappa shape index (κ2) is 4.37. The molecule has 0 saturated carbocycles. The number of hydrogen-bond acceptors (Lipinski definition) is 6. The molecule has 11 nitrogen and oxygen atoms in total. The van der Waals surface area contributed by atoms with Crippen molar-refractivity contribution in [3.63, 3.8) is 0 Å². The summed E-state index contributed by atoms with van der Waals surface area (Å²) in [6, 6.07) is 2.70. The summed E-state index contributed by atoms with van der Waals surface area (Å²) < 4.78 is 2.29. The molecule has 0 spiro atoms. The zero-order valence-electron chi connectivity index (χ0n) is 11.3. The molecule has 0 saturated heterocycles. The van der Waals surface area contributed by atoms with E-state index in [1.165, 1.54) is 29.2 Å². The molecule has 11 heteroatoms. The molecule has 4 rings (SSSR count). The van der Waals surface area contributed by atoms with Crippen LogP contribution in [-0.4, -0.2) is 34.1 Å². The number of rotatable bonds is 2. The Morgan fingerprint density at radius 3 is 2.74 bits per heavy atom. The topological polar surface area (TPSA) is 144 Å². The SMILES string of the molecule is O=c1[nH]nc2c3cc(-n4ccnc4)c([N+](=O)[O-])cc3[nH]c(=O)n12. The molecule has 0 aliphatic heterocycles. The van der Waals surface area contributed by atoms with Crippen molar-refractivity contribution in [2.24, 2.45) is 0 Å². The van der Waals surface area contributed by atoms with E-state index >= 15 is 0 Å². The normalized spacial score (nSPS) is 11.3. The van der Waals surface area contributed by atoms with Crippen molar-refractivity contribution in [2.45, 2.75) is 0 Å². The molecule has 0 aliphatic carbocycles. The van der Waals surface area contributed by atoms with Crippen LogP contribution in [0.1, 0.15) is 0 Å². The standard InChI is InChI=1S/C12H7N7O4/c20-11-14-7-4-9(19(22)23)8(17-2-1-13-5-17)3-6(7)10-15-16-12(21)18(10)11/h1-5H,(H,14,20)(H,16,21). The third-order valence-electron chi connectivity index (χ3n) is 3.45. The van der Waals surface area contributed by atoms with Crippen LogP contribution in [0.4, 0.5) is 5.69 Å². The van der Waals surface area contributed by atoms with E-state index in [1.54, 1.807) is 6.20 Å². The number of imidazole rings is 1. The Morgan fingerprint density at radius 2 is 2.04 bits per heavy atom. The molecule has 2 N–H and O–H groups in total. The zero-order chi connectivity index (χ0) is 16.1. The summed E-state index contributed by atoms with van der Waals surface area (Å²) in [5, 5.41) is 17.7. The van der Waals surface area contributed by atoms with E-state index in [2.05, 4.69) is 20.2 Å². The predicted octanol–water partition coefficient (Wildman–Crippen LogP) is -0.0420. The van der Waals surface area contributed by atoms with Crippen LogP contribution in [0, 0.1) is 10.1 Å². The maximum absolute atomic E-state index is 11.9. The fourth-order valence-corrected chi connectivity index (χ4v) is 2.46. The first kappa shape index (κ1) is 12.9. The summed E-state index contributed by atoms with van der Waals surface area (Å²) >= 11 is 0. The number of fused-ring (bicyclic) bond motifs is 3. The van der Waals surface area contributed by atoms with Crippen LogP contribution in [0.25, 0.3) is 22.2 Å². The van der Waals surface area contributed by atoms with Gasteiger partial charge in [-0.3, -0.25) is 10.1 Å². The number of nitro groups is 1. The number of nitro benzene ring substituents is 1. The molecule has 0 radical (unpaired) electrons. The first-order valence-corrected chi connectivity index (χ1v) is 6.36. The van der Waals surface area contributed by atoms with Crippen LogP contribution >= 0.6 is 0 Å². The Kier molecular flexibility index (Phi) is 2.46. The van der Waals surface area contributed by atoms with Gasteiger partial charge in [0.2, 0.25) is 0 Å². The molecule has 3 heterocycles. The minimum Gasteiger partial charge on any atom is -0.306 e. The Balaban J connectivity index is 2.21. The van der Waals surface area contributed by atoms with Gasteiger partial charge in [0.25, 0.3) is 5.69 Å². The van der Waals surface area contributed by atoms with Crippen molar-refractivity contribution in [3.05, 3.63) is 61.9 Å². The summed E-state index contributed by atoms with van der Waals surface area (Å²) in [7, 11) is 0. The monoisotopic (exact) mass is 313 g/mol. The van der Waals surface area contributed by atoms with E-state index in [4.69, 9.17) is 0 Å². The van der Waals surface area contributed by atoms with Crippen molar-refractivity contribution in [1.29, 1.82) is 0 Å². The van der Waals surface area contributed by atoms with Crippen molar-refractivity contribution in [2.75, 3.05) is 0 Å². The highest BCUT2D eigenvalue weighted by Crippen LogP contribution is 2.28. The number of H-pyrrole nitrogens is 2. The average molecular weight is 313 g/mol. The lowest BCUT2D eigenvalue weighted by atomic mass is 10.2. The summed E-state index contributed by atoms with van der Waals surface area (Å²) in [5.74, 6) is 0. The second-order valence-electron chi connectivity index (χ2n) is 4.73. The molecule has 23 heavy (non-hydrogen) atoms. The summed E-state index contributed by atoms with van der Waals surface area (Å²) in [5.41, 5.74) is -1.10. The fourth-order valence-electron chi connectivity index (χ4n) is 2.46. The lowest BCUT2D eigenvalue weighted by Crippen LogP contribution is -2.26. The molecule has 0 atom stereocenters. The fraction of sp³-hybridized carbons (Fsp3) is 0. The highest BCUT2D eigenvalue weighted by atomic mass is 16.6. The third-order valence-corrected chi connectivity index (χ3v) is 3.45. The van der Waals surface area contributed by atoms with Gasteiger partial charge in [-0.25, -0.2) is 19.7 Å². The quantitative estimate of drug-likeness (QED) is 0.392. The Morgan fingerprint density at radius 1 is 1.22 bits per heavy atom. The number of nitrogens with one attached hydrogen (secondary N) is 2. The molecule has 0 bridgehead atoms. The predicted molar refractivity (Wildman–Crippen MR) is 77.7 cm³/mol. The Labute approximate surface area is 125 Å². The van der Waals surface area contributed by atoms with Crippen molar-refractivity contribution in [3.8, 4) is 5.69 Å². The van der Waals surface area contributed by atoms with Crippen molar-refractivity contribution < 1.29 is 4.92 Å². The maximum atomic E-state index is 11.9. The van der Waals surface area contributed by atoms with Crippen molar-refractivity contribution in [1.82, 2.24) is 29.1 Å². The van der Waals surface area contributed by atoms with Crippen LogP contribution in [-0.2, 0) is 0 Å². The maximum Gasteiger partial charge on any atom is 0.351 e. The third kappa shape index (κ3) is 1.76. The van der Waals surface area contributed by atoms with Crippen LogP contribution in [0.15, 0.2) is 40.4 Å². The van der Waals surface area contributed by atoms with Gasteiger partial charge in [0, 0.05) is 23.8 Å². The number of nitrogens with zero attached hydrogens (tertiary/aromatic N) is 5. The first-order chi connectivity index (χ1) is 11.1. The van der Waals surface area contributed by atoms with Gasteiger partial charge in [-0.2, -0.15) is 9.50 Å². The Hall–Kier alpha value is -3.76. The van der Waals surface area contributed by atoms with Gasteiger partial charge in [-0.05, 0) is 6.07 Å². The number of aromatic nitrogens is 6. The van der Waals surface area contributed by atoms with E-state index < -0.39 is 16.3 Å². The van der Waals surface area contributed by atoms with Crippen LogP contribution in [0.5, 0.6) is 0 Å². The molecule has 0 aliphatic rings. The average Bonchev–Trinajstić information content (AvgIpc) is 3.16. The highest BCUT2D eigenvalue weighted by molar-refractivity contribution is 5.94. The van der Waals surface area contributed by atoms with Gasteiger partial charge in [0.1, 0.15) is 5.69 Å². The zero-order valence-corrected chi connectivity index (χ0v) is 11.3. The number of aromatic amines is 2. The molecule has 3 aromatic heterocycles. The smallest absolute Gasteiger partial charge is 0.306 e. The van der Waals surface area contributed by atoms with E-state index in [-0.39, 0.29) is 22.5 Å². The van der Waals surface area contributed by atoms with E-state index in [9.17, 15) is 19.7 Å². The lowest BCUT2D eigenvalue weighted by molar-refractivity contribution is -0.384. The highest BCUT2D eigenvalue weighted by Gasteiger charge is 2.20. The number of hydrogen-bond donors (Lipinski definition) is 2. The van der Waals surface area contributed by atoms with E-state index in [0.29, 0.717) is 5.39 Å². The van der Waals surface area contributed by atoms with Gasteiger partial charge in [-0.1, -0.05) is 0 Å². The summed E-state index contributed by atoms with van der Waals surface area (Å²) in [4.78, 5) is 40.6. The summed E-state index contributed by atoms with van der Waals surface area (Å²) in [6.45, 7) is 0. The van der Waals surface area contributed by atoms with Gasteiger partial charge in [-0.15, -0.1) is 0 Å². The molecular weight excluding hydrogens is 306 g/mol. The Bertz CT molecular complexity index is 1180. The lowest BCUT2D eigenvalue weighted by Gasteiger charge is -2.06. The molecule has 0 fully saturated rings. The van der Waals surface area contributed by atoms with Gasteiger partial charge in [0.05, 0.1) is 16.8 Å². The van der Waals surface area contributed by atoms with Gasteiger partial charge >= 0.3 is 11.4 Å². The number of benzene rings is 1. The molecule has 0 unspecified atom stereocenters. The minimum atomic E-state index is -0.726. The van der Waals surface area contributed by atoms with E-state index in [1.807, 2.05) is 0 Å². The van der Waals surface area contributed by atoms with Gasteiger partial charge < -0.3 is 9.55 Å². The minimum absolute atomic E-state index is 0.0880. The molecule has 1 aromatic carbocycles. The molecule has 4 aromatic rings. The van der Waals surface area contributed by atoms with E-state index in [0.717, 1.165) is 4.40 Å². The van der Waals surface area contributed by atoms with Crippen molar-refractivity contribution >= 4 is 22.2 Å². The second-order valence-corrected chi connectivity index (χ2v) is 4.73. The largest absolute Gasteiger partial charge is 0.351 e.